The van der Waals surface area contributed by atoms with Crippen LogP contribution in [0, 0.1) is 5.41 Å². The van der Waals surface area contributed by atoms with Crippen LogP contribution in [0.25, 0.3) is 0 Å². The van der Waals surface area contributed by atoms with Gasteiger partial charge in [0.25, 0.3) is 0 Å². The molecular weight excluding hydrogens is 242 g/mol. The van der Waals surface area contributed by atoms with Gasteiger partial charge in [0.2, 0.25) is 0 Å². The van der Waals surface area contributed by atoms with E-state index in [4.69, 9.17) is 4.74 Å². The number of rotatable bonds is 3. The van der Waals surface area contributed by atoms with Crippen molar-refractivity contribution in [1.82, 2.24) is 4.90 Å². The molecule has 0 bridgehead atoms. The molecule has 0 saturated carbocycles. The monoisotopic (exact) mass is 261 g/mol. The van der Waals surface area contributed by atoms with Crippen LogP contribution in [0.15, 0.2) is 30.3 Å². The molecule has 4 nitrogen and oxygen atoms in total. The fraction of sp³-hybridized carbons (Fsp3) is 0.467. The van der Waals surface area contributed by atoms with Crippen molar-refractivity contribution in [3.63, 3.8) is 0 Å². The Morgan fingerprint density at radius 3 is 2.53 bits per heavy atom. The van der Waals surface area contributed by atoms with Crippen molar-refractivity contribution in [3.05, 3.63) is 35.9 Å². The molecule has 0 spiro atoms. The highest BCUT2D eigenvalue weighted by Gasteiger charge is 2.37. The minimum absolute atomic E-state index is 0.0345. The molecule has 1 saturated heterocycles. The van der Waals surface area contributed by atoms with Crippen LogP contribution < -0.4 is 0 Å². The molecule has 102 valence electrons. The Bertz CT molecular complexity index is 476. The summed E-state index contributed by atoms with van der Waals surface area (Å²) in [7, 11) is 0. The Morgan fingerprint density at radius 1 is 1.32 bits per heavy atom. The van der Waals surface area contributed by atoms with Gasteiger partial charge in [-0.05, 0) is 5.56 Å². The van der Waals surface area contributed by atoms with E-state index in [1.165, 1.54) is 4.90 Å². The first-order valence-corrected chi connectivity index (χ1v) is 6.41. The molecule has 0 N–H and O–H groups in total. The second-order valence-electron chi connectivity index (χ2n) is 5.80. The van der Waals surface area contributed by atoms with Crippen LogP contribution in [0.5, 0.6) is 0 Å². The Balaban J connectivity index is 2.17. The average molecular weight is 261 g/mol. The summed E-state index contributed by atoms with van der Waals surface area (Å²) in [6.45, 7) is 5.97. The average Bonchev–Trinajstić information content (AvgIpc) is 2.71. The summed E-state index contributed by atoms with van der Waals surface area (Å²) in [6, 6.07) is 9.48. The van der Waals surface area contributed by atoms with Crippen molar-refractivity contribution in [1.29, 1.82) is 0 Å². The van der Waals surface area contributed by atoms with Crippen LogP contribution in [0.3, 0.4) is 0 Å². The van der Waals surface area contributed by atoms with E-state index in [1.54, 1.807) is 0 Å². The van der Waals surface area contributed by atoms with Crippen molar-refractivity contribution in [3.8, 4) is 0 Å². The van der Waals surface area contributed by atoms with Crippen LogP contribution in [0.4, 0.5) is 4.79 Å². The zero-order valence-corrected chi connectivity index (χ0v) is 11.6. The van der Waals surface area contributed by atoms with Crippen molar-refractivity contribution in [2.24, 2.45) is 5.41 Å². The van der Waals surface area contributed by atoms with E-state index in [1.807, 2.05) is 51.1 Å². The second kappa shape index (κ2) is 5.03. The lowest BCUT2D eigenvalue weighted by Gasteiger charge is -2.25. The van der Waals surface area contributed by atoms with Gasteiger partial charge in [0.15, 0.2) is 5.78 Å². The van der Waals surface area contributed by atoms with E-state index in [-0.39, 0.29) is 18.4 Å². The third kappa shape index (κ3) is 2.95. The summed E-state index contributed by atoms with van der Waals surface area (Å²) in [5.74, 6) is 0.0345. The number of hydrogen-bond donors (Lipinski definition) is 0. The first-order chi connectivity index (χ1) is 8.89. The fourth-order valence-corrected chi connectivity index (χ4v) is 1.97. The lowest BCUT2D eigenvalue weighted by atomic mass is 9.90. The first kappa shape index (κ1) is 13.6. The maximum atomic E-state index is 12.1. The van der Waals surface area contributed by atoms with Crippen molar-refractivity contribution in [2.75, 3.05) is 13.2 Å². The van der Waals surface area contributed by atoms with Gasteiger partial charge in [-0.2, -0.15) is 0 Å². The number of carbonyl (C=O) groups is 2. The van der Waals surface area contributed by atoms with Crippen LogP contribution >= 0.6 is 0 Å². The molecule has 1 aromatic rings. The molecule has 1 heterocycles. The number of hydrogen-bond acceptors (Lipinski definition) is 3. The molecule has 0 radical (unpaired) electrons. The summed E-state index contributed by atoms with van der Waals surface area (Å²) in [6.07, 6.45) is -0.411. The van der Waals surface area contributed by atoms with Crippen molar-refractivity contribution in [2.45, 2.75) is 26.8 Å². The number of nitrogens with zero attached hydrogens (tertiary/aromatic N) is 1. The Morgan fingerprint density at radius 2 is 1.95 bits per heavy atom. The minimum atomic E-state index is -0.454. The molecule has 4 heteroatoms. The van der Waals surface area contributed by atoms with Gasteiger partial charge in [-0.3, -0.25) is 9.69 Å². The third-order valence-electron chi connectivity index (χ3n) is 3.31. The van der Waals surface area contributed by atoms with Crippen molar-refractivity contribution >= 4 is 11.9 Å². The molecule has 1 aliphatic rings. The second-order valence-corrected chi connectivity index (χ2v) is 5.80. The van der Waals surface area contributed by atoms with Gasteiger partial charge in [0, 0.05) is 5.41 Å². The molecule has 1 aliphatic heterocycles. The van der Waals surface area contributed by atoms with Gasteiger partial charge in [-0.25, -0.2) is 4.79 Å². The first-order valence-electron chi connectivity index (χ1n) is 6.41. The van der Waals surface area contributed by atoms with E-state index in [2.05, 4.69) is 0 Å². The summed E-state index contributed by atoms with van der Waals surface area (Å²) < 4.78 is 5.08. The van der Waals surface area contributed by atoms with Gasteiger partial charge in [-0.15, -0.1) is 0 Å². The minimum Gasteiger partial charge on any atom is -0.447 e. The van der Waals surface area contributed by atoms with E-state index in [9.17, 15) is 9.59 Å². The predicted molar refractivity (Wildman–Crippen MR) is 71.7 cm³/mol. The van der Waals surface area contributed by atoms with E-state index >= 15 is 0 Å². The third-order valence-corrected chi connectivity index (χ3v) is 3.31. The maximum absolute atomic E-state index is 12.1. The lowest BCUT2D eigenvalue weighted by Crippen LogP contribution is -2.37. The molecule has 1 aromatic carbocycles. The standard InChI is InChI=1S/C15H19NO3/c1-15(2,3)13(17)9-16-12(10-19-14(16)18)11-7-5-4-6-8-11/h4-8,12H,9-10H2,1-3H3/t12-/m1/s1. The number of Topliss-reactive ketones (excluding diaryl/α,β-unsaturated/α-hetero) is 1. The molecule has 0 unspecified atom stereocenters. The maximum Gasteiger partial charge on any atom is 0.410 e. The summed E-state index contributed by atoms with van der Waals surface area (Å²) in [5, 5.41) is 0. The highest BCUT2D eigenvalue weighted by atomic mass is 16.6. The summed E-state index contributed by atoms with van der Waals surface area (Å²) in [4.78, 5) is 25.4. The van der Waals surface area contributed by atoms with Gasteiger partial charge in [-0.1, -0.05) is 51.1 Å². The Labute approximate surface area is 113 Å². The zero-order chi connectivity index (χ0) is 14.0. The number of carbonyl (C=O) groups excluding carboxylic acids is 2. The predicted octanol–water partition coefficient (Wildman–Crippen LogP) is 2.80. The van der Waals surface area contributed by atoms with Gasteiger partial charge in [0.05, 0.1) is 12.6 Å². The number of benzene rings is 1. The van der Waals surface area contributed by atoms with E-state index in [0.717, 1.165) is 5.56 Å². The van der Waals surface area contributed by atoms with E-state index in [0.29, 0.717) is 6.61 Å². The highest BCUT2D eigenvalue weighted by Crippen LogP contribution is 2.28. The smallest absolute Gasteiger partial charge is 0.410 e. The summed E-state index contributed by atoms with van der Waals surface area (Å²) >= 11 is 0. The molecule has 1 amide bonds. The number of cyclic esters (lactones) is 1. The largest absolute Gasteiger partial charge is 0.447 e. The molecule has 1 fully saturated rings. The lowest BCUT2D eigenvalue weighted by molar-refractivity contribution is -0.127. The normalized spacial score (nSPS) is 19.4. The quantitative estimate of drug-likeness (QED) is 0.840. The molecule has 0 aromatic heterocycles. The summed E-state index contributed by atoms with van der Waals surface area (Å²) in [5.41, 5.74) is 0.541. The Kier molecular flexibility index (Phi) is 3.60. The fourth-order valence-electron chi connectivity index (χ4n) is 1.97. The molecule has 1 atom stereocenters. The van der Waals surface area contributed by atoms with Gasteiger partial charge < -0.3 is 4.74 Å². The zero-order valence-electron chi connectivity index (χ0n) is 11.6. The van der Waals surface area contributed by atoms with Crippen LogP contribution in [0.1, 0.15) is 32.4 Å². The van der Waals surface area contributed by atoms with E-state index < -0.39 is 11.5 Å². The topological polar surface area (TPSA) is 46.6 Å². The van der Waals surface area contributed by atoms with Gasteiger partial charge in [0.1, 0.15) is 6.61 Å². The van der Waals surface area contributed by atoms with Crippen molar-refractivity contribution < 1.29 is 14.3 Å². The highest BCUT2D eigenvalue weighted by molar-refractivity contribution is 5.88. The number of ether oxygens (including phenoxy) is 1. The number of amides is 1. The molecule has 0 aliphatic carbocycles. The number of ketones is 1. The SMILES string of the molecule is CC(C)(C)C(=O)CN1C(=O)OC[C@@H]1c1ccccc1. The van der Waals surface area contributed by atoms with Crippen LogP contribution in [-0.2, 0) is 9.53 Å². The van der Waals surface area contributed by atoms with Gasteiger partial charge >= 0.3 is 6.09 Å². The van der Waals surface area contributed by atoms with Crippen LogP contribution in [-0.4, -0.2) is 29.9 Å². The van der Waals surface area contributed by atoms with Crippen LogP contribution in [0.2, 0.25) is 0 Å². The molecule has 19 heavy (non-hydrogen) atoms. The molecule has 2 rings (SSSR count). The molecular formula is C15H19NO3. The Hall–Kier alpha value is -1.84.